The van der Waals surface area contributed by atoms with E-state index >= 15 is 0 Å². The summed E-state index contributed by atoms with van der Waals surface area (Å²) < 4.78 is 58.7. The first kappa shape index (κ1) is 29.2. The molecule has 0 aliphatic carbocycles. The number of nitrogen functional groups attached to an aromatic ring is 1. The van der Waals surface area contributed by atoms with Crippen molar-refractivity contribution in [3.05, 3.63) is 54.1 Å². The first-order valence-electron chi connectivity index (χ1n) is 13.4. The summed E-state index contributed by atoms with van der Waals surface area (Å²) in [6, 6.07) is 11.9. The molecule has 2 aliphatic heterocycles. The average molecular weight is 588 g/mol. The van der Waals surface area contributed by atoms with Crippen LogP contribution < -0.4 is 30.2 Å². The van der Waals surface area contributed by atoms with Gasteiger partial charge >= 0.3 is 12.1 Å². The highest BCUT2D eigenvalue weighted by Gasteiger charge is 2.45. The molecule has 0 amide bonds. The van der Waals surface area contributed by atoms with Gasteiger partial charge in [-0.2, -0.15) is 23.1 Å². The van der Waals surface area contributed by atoms with Crippen molar-refractivity contribution in [2.45, 2.75) is 37.6 Å². The molecule has 0 radical (unpaired) electrons. The molecule has 42 heavy (non-hydrogen) atoms. The van der Waals surface area contributed by atoms with Crippen LogP contribution in [0.25, 0.3) is 11.1 Å². The molecular weight excluding hydrogens is 555 g/mol. The van der Waals surface area contributed by atoms with Crippen LogP contribution in [0.1, 0.15) is 30.9 Å². The zero-order chi connectivity index (χ0) is 30.1. The molecule has 3 aromatic rings. The Kier molecular flexibility index (Phi) is 8.04. The van der Waals surface area contributed by atoms with Gasteiger partial charge in [0.1, 0.15) is 11.9 Å². The number of piperidine rings is 1. The number of carbonyl (C=O) groups is 1. The number of ether oxygens (including phenoxy) is 3. The van der Waals surface area contributed by atoms with Gasteiger partial charge in [-0.1, -0.05) is 30.3 Å². The Balaban J connectivity index is 1.32. The molecule has 2 aliphatic rings. The number of nitrogens with two attached hydrogens (primary N) is 1. The maximum atomic E-state index is 14.2. The van der Waals surface area contributed by atoms with Gasteiger partial charge in [-0.3, -0.25) is 4.79 Å². The Morgan fingerprint density at radius 2 is 1.71 bits per heavy atom. The second kappa shape index (κ2) is 11.6. The fourth-order valence-electron chi connectivity index (χ4n) is 5.65. The highest BCUT2D eigenvalue weighted by atomic mass is 19.4. The van der Waals surface area contributed by atoms with Crippen LogP contribution in [0, 0.1) is 5.41 Å². The smallest absolute Gasteiger partial charge is 0.429 e. The van der Waals surface area contributed by atoms with Gasteiger partial charge in [0.2, 0.25) is 17.9 Å². The first-order valence-corrected chi connectivity index (χ1v) is 13.4. The van der Waals surface area contributed by atoms with E-state index in [-0.39, 0.29) is 22.8 Å². The largest absolute Gasteiger partial charge is 0.493 e. The van der Waals surface area contributed by atoms with Gasteiger partial charge in [0.25, 0.3) is 0 Å². The van der Waals surface area contributed by atoms with Gasteiger partial charge in [-0.25, -0.2) is 0 Å². The maximum absolute atomic E-state index is 14.2. The van der Waals surface area contributed by atoms with E-state index in [2.05, 4.69) is 15.3 Å². The third-order valence-electron chi connectivity index (χ3n) is 7.98. The van der Waals surface area contributed by atoms with Crippen LogP contribution in [-0.2, 0) is 4.79 Å². The molecule has 1 aromatic heterocycles. The van der Waals surface area contributed by atoms with Crippen molar-refractivity contribution in [3.63, 3.8) is 0 Å². The van der Waals surface area contributed by atoms with E-state index in [1.807, 2.05) is 4.90 Å². The van der Waals surface area contributed by atoms with Crippen molar-refractivity contribution in [3.8, 4) is 28.5 Å². The van der Waals surface area contributed by atoms with Crippen LogP contribution in [-0.4, -0.2) is 67.1 Å². The summed E-state index contributed by atoms with van der Waals surface area (Å²) in [5.41, 5.74) is 7.07. The topological polar surface area (TPSA) is 132 Å². The lowest BCUT2D eigenvalue weighted by atomic mass is 9.76. The predicted octanol–water partition coefficient (Wildman–Crippen LogP) is 4.46. The molecule has 1 spiro atoms. The van der Waals surface area contributed by atoms with E-state index in [0.29, 0.717) is 61.8 Å². The van der Waals surface area contributed by atoms with E-state index in [1.54, 1.807) is 30.3 Å². The molecule has 0 bridgehead atoms. The van der Waals surface area contributed by atoms with Gasteiger partial charge in [-0.05, 0) is 47.9 Å². The van der Waals surface area contributed by atoms with Crippen LogP contribution in [0.4, 0.5) is 24.9 Å². The molecule has 224 valence electrons. The number of benzene rings is 2. The summed E-state index contributed by atoms with van der Waals surface area (Å²) in [7, 11) is 3.03. The Bertz CT molecular complexity index is 1430. The number of aromatic nitrogens is 2. The van der Waals surface area contributed by atoms with Crippen molar-refractivity contribution in [1.29, 1.82) is 0 Å². The van der Waals surface area contributed by atoms with Gasteiger partial charge in [0.05, 0.1) is 14.2 Å². The second-order valence-corrected chi connectivity index (χ2v) is 10.6. The number of halogens is 3. The van der Waals surface area contributed by atoms with Gasteiger partial charge in [0, 0.05) is 31.3 Å². The lowest BCUT2D eigenvalue weighted by Gasteiger charge is -2.39. The van der Waals surface area contributed by atoms with Gasteiger partial charge < -0.3 is 35.3 Å². The highest BCUT2D eigenvalue weighted by Crippen LogP contribution is 2.42. The average Bonchev–Trinajstić information content (AvgIpc) is 3.39. The molecular formula is C29H32F3N5O5. The fraction of sp³-hybridized carbons (Fsp3) is 0.414. The Hall–Kier alpha value is -4.26. The Morgan fingerprint density at radius 3 is 2.31 bits per heavy atom. The van der Waals surface area contributed by atoms with Crippen LogP contribution in [0.3, 0.4) is 0 Å². The van der Waals surface area contributed by atoms with Crippen LogP contribution in [0.2, 0.25) is 0 Å². The van der Waals surface area contributed by atoms with Crippen molar-refractivity contribution in [2.24, 2.45) is 5.41 Å². The standard InChI is InChI=1S/C29H32F3N5O5/c1-40-21-8-7-19(13-22(21)41-2)17-3-5-18(6-4-17)25(29(30,31)32)42-24-14-23(35-27(33)36-24)37-11-9-28(10-12-37)15-20(26(38)39)34-16-28/h3-8,13-14,20,25,34H,9-12,15-16H2,1-2H3,(H,38,39)(H2,33,35,36)/t20-,25?/m0/s1. The van der Waals surface area contributed by atoms with Crippen LogP contribution in [0.5, 0.6) is 17.4 Å². The molecule has 0 saturated carbocycles. The third kappa shape index (κ3) is 6.15. The fourth-order valence-corrected chi connectivity index (χ4v) is 5.65. The van der Waals surface area contributed by atoms with E-state index in [0.717, 1.165) is 5.56 Å². The zero-order valence-corrected chi connectivity index (χ0v) is 23.1. The Labute approximate surface area is 240 Å². The number of hydrogen-bond acceptors (Lipinski definition) is 9. The van der Waals surface area contributed by atoms with E-state index in [4.69, 9.17) is 19.9 Å². The van der Waals surface area contributed by atoms with Crippen LogP contribution in [0.15, 0.2) is 48.5 Å². The molecule has 10 nitrogen and oxygen atoms in total. The van der Waals surface area contributed by atoms with Crippen molar-refractivity contribution in [1.82, 2.24) is 15.3 Å². The normalized spacial score (nSPS) is 19.0. The Morgan fingerprint density at radius 1 is 1.05 bits per heavy atom. The minimum Gasteiger partial charge on any atom is -0.493 e. The summed E-state index contributed by atoms with van der Waals surface area (Å²) in [6.07, 6.45) is -5.07. The summed E-state index contributed by atoms with van der Waals surface area (Å²) >= 11 is 0. The van der Waals surface area contributed by atoms with Crippen molar-refractivity contribution in [2.75, 3.05) is 44.5 Å². The summed E-state index contributed by atoms with van der Waals surface area (Å²) in [6.45, 7) is 1.70. The minimum absolute atomic E-state index is 0.105. The molecule has 2 saturated heterocycles. The second-order valence-electron chi connectivity index (χ2n) is 10.6. The monoisotopic (exact) mass is 587 g/mol. The summed E-state index contributed by atoms with van der Waals surface area (Å²) in [5.74, 6) is 0.0325. The number of nitrogens with one attached hydrogen (secondary N) is 1. The van der Waals surface area contributed by atoms with Crippen LogP contribution >= 0.6 is 0 Å². The molecule has 5 rings (SSSR count). The zero-order valence-electron chi connectivity index (χ0n) is 23.1. The van der Waals surface area contributed by atoms with Crippen molar-refractivity contribution < 1.29 is 37.3 Å². The van der Waals surface area contributed by atoms with E-state index in [9.17, 15) is 23.1 Å². The third-order valence-corrected chi connectivity index (χ3v) is 7.98. The lowest BCUT2D eigenvalue weighted by Crippen LogP contribution is -2.41. The number of hydrogen-bond donors (Lipinski definition) is 3. The first-order chi connectivity index (χ1) is 20.0. The number of carboxylic acids is 1. The molecule has 1 unspecified atom stereocenters. The summed E-state index contributed by atoms with van der Waals surface area (Å²) in [5, 5.41) is 12.4. The van der Waals surface area contributed by atoms with Gasteiger partial charge in [-0.15, -0.1) is 0 Å². The minimum atomic E-state index is -4.74. The quantitative estimate of drug-likeness (QED) is 0.347. The molecule has 2 fully saturated rings. The number of anilines is 2. The maximum Gasteiger partial charge on any atom is 0.429 e. The number of rotatable bonds is 8. The molecule has 2 atom stereocenters. The molecule has 4 N–H and O–H groups in total. The van der Waals surface area contributed by atoms with Crippen molar-refractivity contribution >= 4 is 17.7 Å². The number of aliphatic carboxylic acids is 1. The van der Waals surface area contributed by atoms with E-state index in [1.165, 1.54) is 32.4 Å². The van der Waals surface area contributed by atoms with Gasteiger partial charge in [0.15, 0.2) is 11.5 Å². The highest BCUT2D eigenvalue weighted by molar-refractivity contribution is 5.74. The predicted molar refractivity (Wildman–Crippen MR) is 149 cm³/mol. The summed E-state index contributed by atoms with van der Waals surface area (Å²) in [4.78, 5) is 21.4. The molecule has 2 aromatic carbocycles. The number of methoxy groups -OCH3 is 2. The lowest BCUT2D eigenvalue weighted by molar-refractivity contribution is -0.198. The number of alkyl halides is 3. The SMILES string of the molecule is COc1ccc(-c2ccc(C(Oc3cc(N4CCC5(CC4)CN[C@H](C(=O)O)C5)nc(N)n3)C(F)(F)F)cc2)cc1OC. The number of nitrogens with zero attached hydrogens (tertiary/aromatic N) is 3. The molecule has 13 heteroatoms. The number of carboxylic acid groups (broad SMARTS) is 1. The van der Waals surface area contributed by atoms with E-state index < -0.39 is 24.3 Å². The molecule has 3 heterocycles.